The van der Waals surface area contributed by atoms with Gasteiger partial charge in [0.15, 0.2) is 5.65 Å². The van der Waals surface area contributed by atoms with Gasteiger partial charge in [-0.05, 0) is 38.0 Å². The van der Waals surface area contributed by atoms with Gasteiger partial charge in [0, 0.05) is 63.9 Å². The molecule has 2 fully saturated rings. The molecular formula is C23H29N7O3S. The van der Waals surface area contributed by atoms with E-state index in [0.717, 1.165) is 28.3 Å². The number of urea groups is 1. The molecule has 0 bridgehead atoms. The maximum absolute atomic E-state index is 13.1. The lowest BCUT2D eigenvalue weighted by atomic mass is 10.2. The van der Waals surface area contributed by atoms with Gasteiger partial charge in [-0.3, -0.25) is 9.38 Å². The SMILES string of the molecule is Cc1ccc(-c2cnc3c(N4CCN(C(=O)N(C)C)CC4)cc(S(=O)NC4(O)CC4)cn23)cn1. The predicted molar refractivity (Wildman–Crippen MR) is 130 cm³/mol. The summed E-state index contributed by atoms with van der Waals surface area (Å²) < 4.78 is 17.9. The van der Waals surface area contributed by atoms with Crippen molar-refractivity contribution in [3.05, 3.63) is 42.5 Å². The summed E-state index contributed by atoms with van der Waals surface area (Å²) in [5.74, 6) is 0. The predicted octanol–water partition coefficient (Wildman–Crippen LogP) is 1.60. The highest BCUT2D eigenvalue weighted by Crippen LogP contribution is 2.34. The normalized spacial score (nSPS) is 18.2. The molecule has 0 radical (unpaired) electrons. The van der Waals surface area contributed by atoms with Crippen molar-refractivity contribution in [1.29, 1.82) is 0 Å². The van der Waals surface area contributed by atoms with Gasteiger partial charge in [-0.15, -0.1) is 0 Å². The zero-order valence-corrected chi connectivity index (χ0v) is 20.4. The molecule has 1 aliphatic heterocycles. The van der Waals surface area contributed by atoms with Gasteiger partial charge in [0.1, 0.15) is 16.7 Å². The number of rotatable bonds is 5. The van der Waals surface area contributed by atoms with E-state index in [2.05, 4.69) is 14.6 Å². The third kappa shape index (κ3) is 4.38. The fourth-order valence-corrected chi connectivity index (χ4v) is 5.17. The number of carbonyl (C=O) groups is 1. The topological polar surface area (TPSA) is 106 Å². The number of nitrogens with one attached hydrogen (secondary N) is 1. The number of aromatic nitrogens is 3. The second-order valence-electron chi connectivity index (χ2n) is 9.14. The van der Waals surface area contributed by atoms with E-state index in [0.29, 0.717) is 43.9 Å². The number of aryl methyl sites for hydroxylation is 1. The van der Waals surface area contributed by atoms with Crippen LogP contribution in [0, 0.1) is 6.92 Å². The number of imidazole rings is 1. The van der Waals surface area contributed by atoms with E-state index in [4.69, 9.17) is 4.98 Å². The smallest absolute Gasteiger partial charge is 0.319 e. The molecule has 1 atom stereocenters. The molecule has 1 saturated carbocycles. The van der Waals surface area contributed by atoms with Gasteiger partial charge in [-0.2, -0.15) is 0 Å². The van der Waals surface area contributed by atoms with Gasteiger partial charge in [0.05, 0.1) is 22.5 Å². The molecule has 0 aromatic carbocycles. The number of hydrogen-bond acceptors (Lipinski definition) is 6. The largest absolute Gasteiger partial charge is 0.375 e. The molecule has 3 aromatic rings. The average molecular weight is 484 g/mol. The molecule has 11 heteroatoms. The third-order valence-corrected chi connectivity index (χ3v) is 7.48. The Morgan fingerprint density at radius 2 is 1.88 bits per heavy atom. The van der Waals surface area contributed by atoms with Crippen LogP contribution in [-0.4, -0.2) is 85.5 Å². The van der Waals surface area contributed by atoms with Gasteiger partial charge in [-0.1, -0.05) is 0 Å². The van der Waals surface area contributed by atoms with Crippen LogP contribution in [0.5, 0.6) is 0 Å². The van der Waals surface area contributed by atoms with Crippen molar-refractivity contribution < 1.29 is 14.1 Å². The first-order valence-electron chi connectivity index (χ1n) is 11.3. The van der Waals surface area contributed by atoms with E-state index < -0.39 is 16.7 Å². The molecule has 2 aliphatic rings. The minimum absolute atomic E-state index is 0.00324. The highest BCUT2D eigenvalue weighted by molar-refractivity contribution is 7.83. The number of hydrogen-bond donors (Lipinski definition) is 2. The summed E-state index contributed by atoms with van der Waals surface area (Å²) in [6.07, 6.45) is 6.58. The molecule has 1 aliphatic carbocycles. The number of aliphatic hydroxyl groups is 1. The zero-order valence-electron chi connectivity index (χ0n) is 19.6. The highest BCUT2D eigenvalue weighted by Gasteiger charge is 2.42. The molecule has 180 valence electrons. The molecule has 2 N–H and O–H groups in total. The van der Waals surface area contributed by atoms with Crippen molar-refractivity contribution in [2.45, 2.75) is 30.4 Å². The minimum Gasteiger partial charge on any atom is -0.375 e. The van der Waals surface area contributed by atoms with Crippen molar-refractivity contribution in [3.63, 3.8) is 0 Å². The summed E-state index contributed by atoms with van der Waals surface area (Å²) in [6, 6.07) is 5.81. The van der Waals surface area contributed by atoms with Crippen LogP contribution in [0.15, 0.2) is 41.7 Å². The van der Waals surface area contributed by atoms with Gasteiger partial charge < -0.3 is 19.8 Å². The number of amides is 2. The number of fused-ring (bicyclic) bond motifs is 1. The Morgan fingerprint density at radius 1 is 1.15 bits per heavy atom. The van der Waals surface area contributed by atoms with Gasteiger partial charge in [-0.25, -0.2) is 18.7 Å². The molecule has 10 nitrogen and oxygen atoms in total. The fraction of sp³-hybridized carbons (Fsp3) is 0.435. The number of piperazine rings is 1. The third-order valence-electron chi connectivity index (χ3n) is 6.26. The first-order valence-corrected chi connectivity index (χ1v) is 12.5. The number of anilines is 1. The summed E-state index contributed by atoms with van der Waals surface area (Å²) in [7, 11) is 1.91. The van der Waals surface area contributed by atoms with Crippen molar-refractivity contribution in [1.82, 2.24) is 28.9 Å². The summed E-state index contributed by atoms with van der Waals surface area (Å²) in [5.41, 5.74) is 3.20. The molecule has 34 heavy (non-hydrogen) atoms. The number of carbonyl (C=O) groups excluding carboxylic acids is 1. The summed E-state index contributed by atoms with van der Waals surface area (Å²) in [5, 5.41) is 10.3. The Balaban J connectivity index is 1.53. The van der Waals surface area contributed by atoms with Crippen molar-refractivity contribution in [2.75, 3.05) is 45.2 Å². The van der Waals surface area contributed by atoms with E-state index in [1.165, 1.54) is 0 Å². The molecule has 1 saturated heterocycles. The van der Waals surface area contributed by atoms with Gasteiger partial charge >= 0.3 is 6.03 Å². The Morgan fingerprint density at radius 3 is 2.50 bits per heavy atom. The summed E-state index contributed by atoms with van der Waals surface area (Å²) >= 11 is 0. The van der Waals surface area contributed by atoms with E-state index in [1.807, 2.05) is 40.6 Å². The second-order valence-corrected chi connectivity index (χ2v) is 10.4. The van der Waals surface area contributed by atoms with E-state index >= 15 is 0 Å². The Bertz CT molecular complexity index is 1250. The van der Waals surface area contributed by atoms with Gasteiger partial charge in [0.25, 0.3) is 0 Å². The van der Waals surface area contributed by atoms with Crippen LogP contribution in [0.3, 0.4) is 0 Å². The van der Waals surface area contributed by atoms with Crippen LogP contribution in [-0.2, 0) is 11.0 Å². The fourth-order valence-electron chi connectivity index (χ4n) is 4.09. The van der Waals surface area contributed by atoms with E-state index in [-0.39, 0.29) is 6.03 Å². The second kappa shape index (κ2) is 8.64. The van der Waals surface area contributed by atoms with Crippen molar-refractivity contribution in [2.24, 2.45) is 0 Å². The Labute approximate surface area is 200 Å². The minimum atomic E-state index is -1.60. The quantitative estimate of drug-likeness (QED) is 0.534. The van der Waals surface area contributed by atoms with Crippen LogP contribution < -0.4 is 9.62 Å². The van der Waals surface area contributed by atoms with Crippen LogP contribution in [0.25, 0.3) is 16.9 Å². The van der Waals surface area contributed by atoms with Crippen molar-refractivity contribution in [3.8, 4) is 11.3 Å². The molecular weight excluding hydrogens is 454 g/mol. The van der Waals surface area contributed by atoms with E-state index in [1.54, 1.807) is 31.4 Å². The maximum Gasteiger partial charge on any atom is 0.319 e. The first-order chi connectivity index (χ1) is 16.2. The van der Waals surface area contributed by atoms with Crippen LogP contribution in [0.4, 0.5) is 10.5 Å². The summed E-state index contributed by atoms with van der Waals surface area (Å²) in [6.45, 7) is 4.38. The van der Waals surface area contributed by atoms with Gasteiger partial charge in [0.2, 0.25) is 0 Å². The highest BCUT2D eigenvalue weighted by atomic mass is 32.2. The standard InChI is InChI=1S/C23H29N7O3S/c1-16-4-5-17(13-24-16)20-14-25-21-19(28-8-10-29(11-9-28)22(31)27(2)3)12-18(15-30(20)21)34(33)26-23(32)6-7-23/h4-5,12-15,26,32H,6-11H2,1-3H3. The first kappa shape index (κ1) is 22.8. The zero-order chi connectivity index (χ0) is 24.0. The van der Waals surface area contributed by atoms with E-state index in [9.17, 15) is 14.1 Å². The molecule has 4 heterocycles. The summed E-state index contributed by atoms with van der Waals surface area (Å²) in [4.78, 5) is 27.6. The lowest BCUT2D eigenvalue weighted by molar-refractivity contribution is 0.141. The molecule has 5 rings (SSSR count). The lowest BCUT2D eigenvalue weighted by Gasteiger charge is -2.37. The Hall–Kier alpha value is -3.02. The molecule has 2 amide bonds. The van der Waals surface area contributed by atoms with Crippen LogP contribution in [0.1, 0.15) is 18.5 Å². The monoisotopic (exact) mass is 483 g/mol. The van der Waals surface area contributed by atoms with Crippen LogP contribution in [0.2, 0.25) is 0 Å². The van der Waals surface area contributed by atoms with Crippen molar-refractivity contribution >= 4 is 28.4 Å². The Kier molecular flexibility index (Phi) is 5.78. The van der Waals surface area contributed by atoms with Crippen LogP contribution >= 0.6 is 0 Å². The number of nitrogens with zero attached hydrogens (tertiary/aromatic N) is 6. The maximum atomic E-state index is 13.1. The lowest BCUT2D eigenvalue weighted by Crippen LogP contribution is -2.51. The molecule has 1 unspecified atom stereocenters. The average Bonchev–Trinajstić information content (AvgIpc) is 3.39. The number of pyridine rings is 2. The molecule has 3 aromatic heterocycles. The molecule has 0 spiro atoms.